The Morgan fingerprint density at radius 1 is 0.356 bits per heavy atom. The highest BCUT2D eigenvalue weighted by Gasteiger charge is 2.16. The van der Waals surface area contributed by atoms with E-state index in [0.717, 1.165) is 24.8 Å². The molecule has 45 heavy (non-hydrogen) atoms. The number of rotatable bonds is 24. The van der Waals surface area contributed by atoms with E-state index in [1.807, 2.05) is 6.07 Å². The van der Waals surface area contributed by atoms with Crippen LogP contribution in [-0.2, 0) is 38.5 Å². The molecule has 0 aliphatic heterocycles. The summed E-state index contributed by atoms with van der Waals surface area (Å²) in [5, 5.41) is 11.3. The number of benzene rings is 3. The average Bonchev–Trinajstić information content (AvgIpc) is 3.05. The third-order valence-corrected chi connectivity index (χ3v) is 9.90. The highest BCUT2D eigenvalue weighted by Crippen LogP contribution is 2.31. The van der Waals surface area contributed by atoms with Crippen LogP contribution < -0.4 is 0 Å². The maximum absolute atomic E-state index is 11.3. The molecule has 3 aromatic rings. The minimum absolute atomic E-state index is 0.456. The minimum atomic E-state index is 0.456. The second-order valence-electron chi connectivity index (χ2n) is 13.6. The maximum atomic E-state index is 11.3. The summed E-state index contributed by atoms with van der Waals surface area (Å²) in [6.07, 6.45) is 27.2. The summed E-state index contributed by atoms with van der Waals surface area (Å²) < 4.78 is 0. The zero-order valence-electron chi connectivity index (χ0n) is 29.7. The number of hydrogen-bond acceptors (Lipinski definition) is 1. The number of phenols is 1. The summed E-state index contributed by atoms with van der Waals surface area (Å²) in [5.41, 5.74) is 11.6. The van der Waals surface area contributed by atoms with Gasteiger partial charge >= 0.3 is 0 Å². The van der Waals surface area contributed by atoms with Crippen molar-refractivity contribution in [1.29, 1.82) is 0 Å². The van der Waals surface area contributed by atoms with Crippen molar-refractivity contribution in [2.45, 2.75) is 169 Å². The number of aryl methyl sites for hydroxylation is 2. The summed E-state index contributed by atoms with van der Waals surface area (Å²) in [6.45, 7) is 9.19. The molecule has 1 nitrogen and oxygen atoms in total. The van der Waals surface area contributed by atoms with Crippen LogP contribution in [0.1, 0.15) is 175 Å². The topological polar surface area (TPSA) is 20.2 Å². The molecule has 3 aromatic carbocycles. The van der Waals surface area contributed by atoms with Crippen molar-refractivity contribution in [3.05, 3.63) is 99.1 Å². The van der Waals surface area contributed by atoms with E-state index >= 15 is 0 Å². The Hall–Kier alpha value is -2.54. The summed E-state index contributed by atoms with van der Waals surface area (Å²) in [7, 11) is 0. The van der Waals surface area contributed by atoms with E-state index in [0.29, 0.717) is 5.75 Å². The smallest absolute Gasteiger partial charge is 0.119 e. The lowest BCUT2D eigenvalue weighted by Gasteiger charge is -2.20. The summed E-state index contributed by atoms with van der Waals surface area (Å²) in [4.78, 5) is 0. The van der Waals surface area contributed by atoms with Gasteiger partial charge in [0, 0.05) is 12.0 Å². The number of phenolic OH excluding ortho intramolecular Hbond substituents is 1. The van der Waals surface area contributed by atoms with E-state index in [2.05, 4.69) is 76.2 Å². The monoisotopic (exact) mass is 611 g/mol. The first-order chi connectivity index (χ1) is 22.1. The molecule has 0 heterocycles. The standard InChI is InChI=1S/C44H66O/c1-5-9-13-17-24-36-26-21-28-38(41(36)31-19-15-11-7-3)34-39-30-23-33-44(45)43(39)35-40-29-22-27-37(25-18-14-10-6-2)42(40)32-20-16-12-8-4/h21-23,26-30,33,45H,5-20,24-25,31-32,34-35H2,1-4H3. The van der Waals surface area contributed by atoms with Crippen LogP contribution >= 0.6 is 0 Å². The Morgan fingerprint density at radius 3 is 1.16 bits per heavy atom. The second-order valence-corrected chi connectivity index (χ2v) is 13.6. The van der Waals surface area contributed by atoms with Crippen LogP contribution in [0, 0.1) is 0 Å². The Bertz CT molecular complexity index is 1220. The predicted octanol–water partition coefficient (Wildman–Crippen LogP) is 13.1. The van der Waals surface area contributed by atoms with Gasteiger partial charge in [0.1, 0.15) is 5.75 Å². The zero-order valence-corrected chi connectivity index (χ0v) is 29.7. The first kappa shape index (κ1) is 36.9. The molecule has 0 spiro atoms. The van der Waals surface area contributed by atoms with Crippen LogP contribution in [-0.4, -0.2) is 5.11 Å². The minimum Gasteiger partial charge on any atom is -0.508 e. The fraction of sp³-hybridized carbons (Fsp3) is 0.591. The summed E-state index contributed by atoms with van der Waals surface area (Å²) >= 11 is 0. The SMILES string of the molecule is CCCCCCc1cccc(Cc2cccc(O)c2Cc2cccc(CCCCCC)c2CCCCCC)c1CCCCCC. The van der Waals surface area contributed by atoms with Crippen molar-refractivity contribution in [3.8, 4) is 5.75 Å². The average molecular weight is 611 g/mol. The Balaban J connectivity index is 1.92. The van der Waals surface area contributed by atoms with Gasteiger partial charge in [0.05, 0.1) is 0 Å². The van der Waals surface area contributed by atoms with Crippen molar-refractivity contribution in [3.63, 3.8) is 0 Å². The highest BCUT2D eigenvalue weighted by atomic mass is 16.3. The van der Waals surface area contributed by atoms with E-state index < -0.39 is 0 Å². The van der Waals surface area contributed by atoms with Gasteiger partial charge in [-0.05, 0) is 103 Å². The van der Waals surface area contributed by atoms with Gasteiger partial charge in [-0.2, -0.15) is 0 Å². The van der Waals surface area contributed by atoms with E-state index in [-0.39, 0.29) is 0 Å². The molecule has 0 amide bonds. The molecule has 0 bridgehead atoms. The Morgan fingerprint density at radius 2 is 0.711 bits per heavy atom. The molecule has 1 N–H and O–H groups in total. The number of hydrogen-bond donors (Lipinski definition) is 1. The van der Waals surface area contributed by atoms with Gasteiger partial charge < -0.3 is 5.11 Å². The van der Waals surface area contributed by atoms with Crippen molar-refractivity contribution >= 4 is 0 Å². The second kappa shape index (κ2) is 22.1. The third kappa shape index (κ3) is 12.6. The van der Waals surface area contributed by atoms with Gasteiger partial charge in [-0.25, -0.2) is 0 Å². The van der Waals surface area contributed by atoms with Crippen LogP contribution in [0.15, 0.2) is 54.6 Å². The van der Waals surface area contributed by atoms with Gasteiger partial charge in [0.15, 0.2) is 0 Å². The Labute approximate surface area is 278 Å². The van der Waals surface area contributed by atoms with E-state index in [1.54, 1.807) is 22.3 Å². The molecule has 0 atom stereocenters. The van der Waals surface area contributed by atoms with Crippen LogP contribution in [0.2, 0.25) is 0 Å². The lowest BCUT2D eigenvalue weighted by molar-refractivity contribution is 0.468. The lowest BCUT2D eigenvalue weighted by Crippen LogP contribution is -2.06. The molecule has 0 radical (unpaired) electrons. The molecule has 0 unspecified atom stereocenters. The molecule has 0 saturated heterocycles. The predicted molar refractivity (Wildman–Crippen MR) is 198 cm³/mol. The van der Waals surface area contributed by atoms with Crippen LogP contribution in [0.25, 0.3) is 0 Å². The maximum Gasteiger partial charge on any atom is 0.119 e. The molecular weight excluding hydrogens is 544 g/mol. The van der Waals surface area contributed by atoms with Gasteiger partial charge in [-0.15, -0.1) is 0 Å². The Kier molecular flexibility index (Phi) is 18.1. The molecule has 0 fully saturated rings. The van der Waals surface area contributed by atoms with Crippen LogP contribution in [0.5, 0.6) is 5.75 Å². The van der Waals surface area contributed by atoms with Crippen molar-refractivity contribution in [2.75, 3.05) is 0 Å². The summed E-state index contributed by atoms with van der Waals surface area (Å²) in [6, 6.07) is 20.3. The molecule has 0 aliphatic rings. The fourth-order valence-corrected chi connectivity index (χ4v) is 7.15. The molecule has 0 aromatic heterocycles. The first-order valence-electron chi connectivity index (χ1n) is 19.1. The van der Waals surface area contributed by atoms with E-state index in [1.165, 1.54) is 139 Å². The van der Waals surface area contributed by atoms with E-state index in [4.69, 9.17) is 0 Å². The van der Waals surface area contributed by atoms with Gasteiger partial charge in [0.25, 0.3) is 0 Å². The lowest BCUT2D eigenvalue weighted by atomic mass is 9.86. The highest BCUT2D eigenvalue weighted by molar-refractivity contribution is 5.49. The molecule has 0 saturated carbocycles. The van der Waals surface area contributed by atoms with Gasteiger partial charge in [-0.3, -0.25) is 0 Å². The van der Waals surface area contributed by atoms with Crippen LogP contribution in [0.3, 0.4) is 0 Å². The van der Waals surface area contributed by atoms with Crippen molar-refractivity contribution in [1.82, 2.24) is 0 Å². The normalized spacial score (nSPS) is 11.4. The number of unbranched alkanes of at least 4 members (excludes halogenated alkanes) is 12. The third-order valence-electron chi connectivity index (χ3n) is 9.90. The molecular formula is C44H66O. The molecule has 248 valence electrons. The fourth-order valence-electron chi connectivity index (χ4n) is 7.15. The summed E-state index contributed by atoms with van der Waals surface area (Å²) in [5.74, 6) is 0.456. The van der Waals surface area contributed by atoms with Gasteiger partial charge in [-0.1, -0.05) is 153 Å². The number of aromatic hydroxyl groups is 1. The molecule has 0 aliphatic carbocycles. The zero-order chi connectivity index (χ0) is 32.1. The van der Waals surface area contributed by atoms with Gasteiger partial charge in [0.2, 0.25) is 0 Å². The van der Waals surface area contributed by atoms with E-state index in [9.17, 15) is 5.11 Å². The molecule has 3 rings (SSSR count). The molecule has 1 heteroatoms. The van der Waals surface area contributed by atoms with Crippen molar-refractivity contribution in [2.24, 2.45) is 0 Å². The van der Waals surface area contributed by atoms with Crippen molar-refractivity contribution < 1.29 is 5.11 Å². The first-order valence-corrected chi connectivity index (χ1v) is 19.1. The quantitative estimate of drug-likeness (QED) is 0.100. The largest absolute Gasteiger partial charge is 0.508 e. The van der Waals surface area contributed by atoms with Crippen LogP contribution in [0.4, 0.5) is 0 Å².